The van der Waals surface area contributed by atoms with Crippen molar-refractivity contribution in [2.45, 2.75) is 26.2 Å². The third-order valence-electron chi connectivity index (χ3n) is 3.72. The molecule has 122 valence electrons. The Morgan fingerprint density at radius 3 is 2.68 bits per heavy atom. The highest BCUT2D eigenvalue weighted by molar-refractivity contribution is 9.10. The molecule has 0 saturated carbocycles. The molecule has 1 heterocycles. The van der Waals surface area contributed by atoms with Crippen molar-refractivity contribution >= 4 is 37.5 Å². The fourth-order valence-corrected chi connectivity index (χ4v) is 4.43. The van der Waals surface area contributed by atoms with Crippen LogP contribution in [0.4, 0.5) is 5.69 Å². The molecule has 1 aromatic rings. The van der Waals surface area contributed by atoms with Gasteiger partial charge in [0.05, 0.1) is 11.7 Å². The van der Waals surface area contributed by atoms with Gasteiger partial charge in [0.15, 0.2) is 0 Å². The Labute approximate surface area is 140 Å². The molecule has 0 aliphatic carbocycles. The number of piperidine rings is 1. The smallest absolute Gasteiger partial charge is 0.228 e. The zero-order valence-corrected chi connectivity index (χ0v) is 15.0. The largest absolute Gasteiger partial charge is 0.326 e. The van der Waals surface area contributed by atoms with Crippen LogP contribution in [0.15, 0.2) is 28.7 Å². The molecule has 22 heavy (non-hydrogen) atoms. The Balaban J connectivity index is 1.99. The summed E-state index contributed by atoms with van der Waals surface area (Å²) in [6.45, 7) is 2.65. The number of hydrogen-bond acceptors (Lipinski definition) is 3. The van der Waals surface area contributed by atoms with Crippen LogP contribution in [-0.4, -0.2) is 37.5 Å². The number of sulfonamides is 1. The van der Waals surface area contributed by atoms with Crippen LogP contribution in [0.1, 0.15) is 26.2 Å². The molecule has 1 aromatic carbocycles. The molecule has 1 N–H and O–H groups in total. The lowest BCUT2D eigenvalue weighted by molar-refractivity contribution is -0.120. The van der Waals surface area contributed by atoms with Crippen LogP contribution >= 0.6 is 15.9 Å². The van der Waals surface area contributed by atoms with Crippen molar-refractivity contribution in [1.82, 2.24) is 4.31 Å². The molecule has 2 rings (SSSR count). The second-order valence-electron chi connectivity index (χ2n) is 5.51. The van der Waals surface area contributed by atoms with Crippen LogP contribution in [-0.2, 0) is 14.8 Å². The lowest BCUT2D eigenvalue weighted by Crippen LogP contribution is -2.44. The molecule has 1 aliphatic heterocycles. The molecule has 1 atom stereocenters. The lowest BCUT2D eigenvalue weighted by Gasteiger charge is -2.31. The van der Waals surface area contributed by atoms with Gasteiger partial charge in [-0.15, -0.1) is 0 Å². The van der Waals surface area contributed by atoms with Crippen LogP contribution in [0.3, 0.4) is 0 Å². The zero-order valence-electron chi connectivity index (χ0n) is 12.6. The Morgan fingerprint density at radius 2 is 2.05 bits per heavy atom. The van der Waals surface area contributed by atoms with Gasteiger partial charge in [-0.2, -0.15) is 0 Å². The van der Waals surface area contributed by atoms with Gasteiger partial charge in [0.1, 0.15) is 0 Å². The Hall–Kier alpha value is -0.920. The molecular weight excluding hydrogens is 368 g/mol. The normalized spacial score (nSPS) is 19.8. The molecular formula is C15H21BrN2O3S. The first-order chi connectivity index (χ1) is 10.4. The van der Waals surface area contributed by atoms with Crippen LogP contribution in [0.5, 0.6) is 0 Å². The Kier molecular flexibility index (Phi) is 6.00. The second kappa shape index (κ2) is 7.57. The van der Waals surface area contributed by atoms with E-state index in [0.717, 1.165) is 23.0 Å². The number of benzene rings is 1. The van der Waals surface area contributed by atoms with E-state index in [1.54, 1.807) is 0 Å². The molecule has 0 aromatic heterocycles. The highest BCUT2D eigenvalue weighted by atomic mass is 79.9. The predicted molar refractivity (Wildman–Crippen MR) is 91.1 cm³/mol. The Bertz CT molecular complexity index is 616. The van der Waals surface area contributed by atoms with Crippen LogP contribution in [0.2, 0.25) is 0 Å². The highest BCUT2D eigenvalue weighted by Crippen LogP contribution is 2.22. The number of nitrogens with zero attached hydrogens (tertiary/aromatic N) is 1. The third-order valence-corrected chi connectivity index (χ3v) is 6.29. The van der Waals surface area contributed by atoms with Gasteiger partial charge < -0.3 is 5.32 Å². The van der Waals surface area contributed by atoms with Gasteiger partial charge in [-0.05, 0) is 43.5 Å². The van der Waals surface area contributed by atoms with Crippen molar-refractivity contribution in [2.24, 2.45) is 5.92 Å². The first-order valence-electron chi connectivity index (χ1n) is 7.46. The highest BCUT2D eigenvalue weighted by Gasteiger charge is 2.31. The maximum Gasteiger partial charge on any atom is 0.228 e. The van der Waals surface area contributed by atoms with E-state index in [4.69, 9.17) is 0 Å². The molecule has 1 amide bonds. The first-order valence-corrected chi connectivity index (χ1v) is 9.87. The summed E-state index contributed by atoms with van der Waals surface area (Å²) in [5.41, 5.74) is 0.724. The summed E-state index contributed by atoms with van der Waals surface area (Å²) in [7, 11) is -3.23. The van der Waals surface area contributed by atoms with Crippen molar-refractivity contribution in [3.8, 4) is 0 Å². The standard InChI is InChI=1S/C15H21BrN2O3S/c1-2-10-22(20,21)18-9-3-4-12(11-18)15(19)17-14-7-5-13(16)6-8-14/h5-8,12H,2-4,9-11H2,1H3,(H,17,19). The zero-order chi connectivity index (χ0) is 16.2. The number of nitrogens with one attached hydrogen (secondary N) is 1. The summed E-state index contributed by atoms with van der Waals surface area (Å²) >= 11 is 3.35. The van der Waals surface area contributed by atoms with Gasteiger partial charge in [0.2, 0.25) is 15.9 Å². The maximum atomic E-state index is 12.3. The van der Waals surface area contributed by atoms with Crippen LogP contribution < -0.4 is 5.32 Å². The van der Waals surface area contributed by atoms with Gasteiger partial charge in [0, 0.05) is 23.2 Å². The van der Waals surface area contributed by atoms with Crippen molar-refractivity contribution in [2.75, 3.05) is 24.2 Å². The molecule has 0 bridgehead atoms. The summed E-state index contributed by atoms with van der Waals surface area (Å²) in [5, 5.41) is 2.86. The summed E-state index contributed by atoms with van der Waals surface area (Å²) in [4.78, 5) is 12.3. The topological polar surface area (TPSA) is 66.5 Å². The fourth-order valence-electron chi connectivity index (χ4n) is 2.57. The number of halogens is 1. The van der Waals surface area contributed by atoms with Gasteiger partial charge in [-0.25, -0.2) is 12.7 Å². The van der Waals surface area contributed by atoms with Gasteiger partial charge in [-0.3, -0.25) is 4.79 Å². The summed E-state index contributed by atoms with van der Waals surface area (Å²) < 4.78 is 26.7. The van der Waals surface area contributed by atoms with E-state index >= 15 is 0 Å². The average Bonchev–Trinajstić information content (AvgIpc) is 2.50. The maximum absolute atomic E-state index is 12.3. The molecule has 1 unspecified atom stereocenters. The van der Waals surface area contributed by atoms with Gasteiger partial charge in [-0.1, -0.05) is 22.9 Å². The number of hydrogen-bond donors (Lipinski definition) is 1. The van der Waals surface area contributed by atoms with E-state index in [2.05, 4.69) is 21.2 Å². The summed E-state index contributed by atoms with van der Waals surface area (Å²) in [6.07, 6.45) is 2.04. The number of carbonyl (C=O) groups is 1. The number of carbonyl (C=O) groups excluding carboxylic acids is 1. The molecule has 5 nitrogen and oxygen atoms in total. The second-order valence-corrected chi connectivity index (χ2v) is 8.51. The van der Waals surface area contributed by atoms with E-state index < -0.39 is 10.0 Å². The van der Waals surface area contributed by atoms with Gasteiger partial charge >= 0.3 is 0 Å². The summed E-state index contributed by atoms with van der Waals surface area (Å²) in [5.74, 6) is -0.253. The fraction of sp³-hybridized carbons (Fsp3) is 0.533. The number of anilines is 1. The van der Waals surface area contributed by atoms with E-state index in [-0.39, 0.29) is 24.1 Å². The molecule has 0 spiro atoms. The van der Waals surface area contributed by atoms with Crippen molar-refractivity contribution < 1.29 is 13.2 Å². The molecule has 7 heteroatoms. The summed E-state index contributed by atoms with van der Waals surface area (Å²) in [6, 6.07) is 7.34. The van der Waals surface area contributed by atoms with Crippen molar-refractivity contribution in [1.29, 1.82) is 0 Å². The SMILES string of the molecule is CCCS(=O)(=O)N1CCCC(C(=O)Nc2ccc(Br)cc2)C1. The van der Waals surface area contributed by atoms with E-state index in [0.29, 0.717) is 13.0 Å². The van der Waals surface area contributed by atoms with Gasteiger partial charge in [0.25, 0.3) is 0 Å². The van der Waals surface area contributed by atoms with E-state index in [1.165, 1.54) is 4.31 Å². The predicted octanol–water partition coefficient (Wildman–Crippen LogP) is 2.84. The monoisotopic (exact) mass is 388 g/mol. The number of amides is 1. The molecule has 0 radical (unpaired) electrons. The minimum atomic E-state index is -3.23. The van der Waals surface area contributed by atoms with Crippen LogP contribution in [0.25, 0.3) is 0 Å². The van der Waals surface area contributed by atoms with Crippen LogP contribution in [0, 0.1) is 5.92 Å². The lowest BCUT2D eigenvalue weighted by atomic mass is 9.99. The first kappa shape index (κ1) is 17.4. The molecule has 1 aliphatic rings. The van der Waals surface area contributed by atoms with Crippen molar-refractivity contribution in [3.63, 3.8) is 0 Å². The Morgan fingerprint density at radius 1 is 1.36 bits per heavy atom. The molecule has 1 fully saturated rings. The van der Waals surface area contributed by atoms with Crippen molar-refractivity contribution in [3.05, 3.63) is 28.7 Å². The quantitative estimate of drug-likeness (QED) is 0.842. The molecule has 1 saturated heterocycles. The third kappa shape index (κ3) is 4.54. The number of rotatable bonds is 5. The average molecular weight is 389 g/mol. The van der Waals surface area contributed by atoms with E-state index in [1.807, 2.05) is 31.2 Å². The minimum absolute atomic E-state index is 0.112. The minimum Gasteiger partial charge on any atom is -0.326 e. The van der Waals surface area contributed by atoms with E-state index in [9.17, 15) is 13.2 Å².